The molecule has 0 aromatic heterocycles. The van der Waals surface area contributed by atoms with Crippen LogP contribution in [0.1, 0.15) is 52.4 Å². The Morgan fingerprint density at radius 1 is 0.789 bits per heavy atom. The van der Waals surface area contributed by atoms with Gasteiger partial charge in [0.15, 0.2) is 16.6 Å². The van der Waals surface area contributed by atoms with Gasteiger partial charge in [-0.25, -0.2) is 0 Å². The normalized spacial score (nSPS) is 12.3. The van der Waals surface area contributed by atoms with Gasteiger partial charge in [-0.3, -0.25) is 0 Å². The molecule has 0 unspecified atom stereocenters. The van der Waals surface area contributed by atoms with Gasteiger partial charge in [0, 0.05) is 0 Å². The molecule has 0 aliphatic carbocycles. The van der Waals surface area contributed by atoms with Crippen LogP contribution >= 0.6 is 0 Å². The van der Waals surface area contributed by atoms with Gasteiger partial charge in [-0.1, -0.05) is 39.5 Å². The summed E-state index contributed by atoms with van der Waals surface area (Å²) in [5, 5.41) is 9.31. The molecule has 0 fully saturated rings. The van der Waals surface area contributed by atoms with Crippen LogP contribution in [0.15, 0.2) is 0 Å². The molecule has 4 heteroatoms. The molecule has 0 saturated heterocycles. The maximum atomic E-state index is 9.31. The minimum Gasteiger partial charge on any atom is -0.456 e. The predicted molar refractivity (Wildman–Crippen MR) is 92.8 cm³/mol. The minimum atomic E-state index is -1.23. The maximum Gasteiger partial charge on any atom is 0.170 e. The van der Waals surface area contributed by atoms with Crippen LogP contribution in [0.4, 0.5) is 0 Å². The first-order valence-corrected chi connectivity index (χ1v) is 14.7. The van der Waals surface area contributed by atoms with Crippen LogP contribution in [0, 0.1) is 0 Å². The van der Waals surface area contributed by atoms with Gasteiger partial charge in [-0.2, -0.15) is 0 Å². The fourth-order valence-electron chi connectivity index (χ4n) is 1.94. The molecule has 0 amide bonds. The zero-order chi connectivity index (χ0) is 15.5. The summed E-state index contributed by atoms with van der Waals surface area (Å²) >= 11 is 0. The highest BCUT2D eigenvalue weighted by molar-refractivity contribution is 6.83. The van der Waals surface area contributed by atoms with Crippen LogP contribution in [-0.4, -0.2) is 27.8 Å². The molecule has 0 aliphatic rings. The van der Waals surface area contributed by atoms with Crippen LogP contribution in [0.5, 0.6) is 0 Å². The van der Waals surface area contributed by atoms with Crippen LogP contribution in [0.25, 0.3) is 0 Å². The molecule has 118 valence electrons. The molecule has 0 aliphatic heterocycles. The third kappa shape index (κ3) is 23.8. The summed E-state index contributed by atoms with van der Waals surface area (Å²) in [5.41, 5.74) is 0. The molecule has 0 atom stereocenters. The second-order valence-corrected chi connectivity index (χ2v) is 16.5. The Balaban J connectivity index is 0. The van der Waals surface area contributed by atoms with E-state index in [0.29, 0.717) is 0 Å². The maximum absolute atomic E-state index is 9.31. The second-order valence-electron chi connectivity index (χ2n) is 7.27. The number of hydrogen-bond donors (Lipinski definition) is 1. The van der Waals surface area contributed by atoms with Crippen LogP contribution in [-0.2, 0) is 4.12 Å². The van der Waals surface area contributed by atoms with E-state index >= 15 is 0 Å². The highest BCUT2D eigenvalue weighted by Crippen LogP contribution is 2.12. The van der Waals surface area contributed by atoms with E-state index in [9.17, 15) is 5.11 Å². The molecule has 19 heavy (non-hydrogen) atoms. The fraction of sp³-hybridized carbons (Fsp3) is 1.00. The van der Waals surface area contributed by atoms with E-state index < -0.39 is 16.6 Å². The van der Waals surface area contributed by atoms with E-state index in [2.05, 4.69) is 53.1 Å². The molecule has 0 radical (unpaired) electrons. The zero-order valence-corrected chi connectivity index (χ0v) is 16.7. The molecule has 0 bridgehead atoms. The summed E-state index contributed by atoms with van der Waals surface area (Å²) in [6, 6.07) is 0. The predicted octanol–water partition coefficient (Wildman–Crippen LogP) is 5.40. The van der Waals surface area contributed by atoms with Crippen LogP contribution in [0.2, 0.25) is 39.3 Å². The van der Waals surface area contributed by atoms with Gasteiger partial charge in [0.1, 0.15) is 0 Å². The molecule has 0 rings (SSSR count). The quantitative estimate of drug-likeness (QED) is 0.608. The third-order valence-electron chi connectivity index (χ3n) is 2.39. The van der Waals surface area contributed by atoms with Gasteiger partial charge in [0.05, 0.1) is 6.10 Å². The lowest BCUT2D eigenvalue weighted by molar-refractivity contribution is 0.149. The Kier molecular flexibility index (Phi) is 12.6. The lowest BCUT2D eigenvalue weighted by Crippen LogP contribution is -2.39. The van der Waals surface area contributed by atoms with E-state index in [0.717, 1.165) is 12.8 Å². The van der Waals surface area contributed by atoms with Crippen molar-refractivity contribution in [3.05, 3.63) is 0 Å². The topological polar surface area (TPSA) is 29.5 Å². The van der Waals surface area contributed by atoms with E-state index in [-0.39, 0.29) is 6.10 Å². The van der Waals surface area contributed by atoms with Crippen molar-refractivity contribution < 1.29 is 9.22 Å². The molecule has 0 heterocycles. The highest BCUT2D eigenvalue weighted by Gasteiger charge is 2.24. The summed E-state index contributed by atoms with van der Waals surface area (Å²) in [4.78, 5) is 0. The van der Waals surface area contributed by atoms with Crippen molar-refractivity contribution in [2.75, 3.05) is 0 Å². The molecule has 0 spiro atoms. The number of hydrogen-bond acceptors (Lipinski definition) is 2. The van der Waals surface area contributed by atoms with Crippen molar-refractivity contribution >= 4 is 16.6 Å². The standard InChI is InChI=1S/C9H20O.C6H18OSi2/c1-3-5-7-9(10)8-6-4-2;1-8(2,3)7-9(4,5)6/h9-10H,3-8H2,1-2H3;1-6H3. The Morgan fingerprint density at radius 2 is 1.11 bits per heavy atom. The van der Waals surface area contributed by atoms with Crippen molar-refractivity contribution in [1.29, 1.82) is 0 Å². The Morgan fingerprint density at radius 3 is 1.26 bits per heavy atom. The lowest BCUT2D eigenvalue weighted by atomic mass is 10.1. The average molecular weight is 307 g/mol. The van der Waals surface area contributed by atoms with E-state index in [1.165, 1.54) is 25.7 Å². The average Bonchev–Trinajstić information content (AvgIpc) is 2.19. The number of aliphatic hydroxyl groups excluding tert-OH is 1. The van der Waals surface area contributed by atoms with Gasteiger partial charge >= 0.3 is 0 Å². The van der Waals surface area contributed by atoms with Crippen molar-refractivity contribution in [3.63, 3.8) is 0 Å². The number of rotatable bonds is 8. The lowest BCUT2D eigenvalue weighted by Gasteiger charge is -2.27. The molecule has 2 nitrogen and oxygen atoms in total. The van der Waals surface area contributed by atoms with Gasteiger partial charge in [0.25, 0.3) is 0 Å². The number of aliphatic hydroxyl groups is 1. The summed E-state index contributed by atoms with van der Waals surface area (Å²) < 4.78 is 5.90. The molecule has 0 aromatic carbocycles. The molecular weight excluding hydrogens is 268 g/mol. The largest absolute Gasteiger partial charge is 0.456 e. The van der Waals surface area contributed by atoms with Crippen molar-refractivity contribution in [2.45, 2.75) is 97.8 Å². The number of unbranched alkanes of at least 4 members (excludes halogenated alkanes) is 2. The summed E-state index contributed by atoms with van der Waals surface area (Å²) in [7, 11) is -2.46. The monoisotopic (exact) mass is 306 g/mol. The van der Waals surface area contributed by atoms with Crippen LogP contribution < -0.4 is 0 Å². The summed E-state index contributed by atoms with van der Waals surface area (Å²) in [6.07, 6.45) is 6.70. The van der Waals surface area contributed by atoms with E-state index in [1.54, 1.807) is 0 Å². The van der Waals surface area contributed by atoms with E-state index in [4.69, 9.17) is 4.12 Å². The molecule has 1 N–H and O–H groups in total. The van der Waals surface area contributed by atoms with Gasteiger partial charge in [-0.15, -0.1) is 0 Å². The summed E-state index contributed by atoms with van der Waals surface area (Å²) in [6.45, 7) is 17.8. The van der Waals surface area contributed by atoms with Crippen molar-refractivity contribution in [3.8, 4) is 0 Å². The Hall–Kier alpha value is 0.354. The second kappa shape index (κ2) is 11.1. The molecule has 0 aromatic rings. The van der Waals surface area contributed by atoms with Crippen molar-refractivity contribution in [2.24, 2.45) is 0 Å². The SMILES string of the molecule is CCCCC(O)CCCC.C[Si](C)(C)O[Si](C)(C)C. The smallest absolute Gasteiger partial charge is 0.170 e. The first-order chi connectivity index (χ1) is 8.52. The Labute approximate surface area is 124 Å². The fourth-order valence-corrected chi connectivity index (χ4v) is 9.29. The minimum absolute atomic E-state index is 0.0279. The zero-order valence-electron chi connectivity index (χ0n) is 14.7. The van der Waals surface area contributed by atoms with Gasteiger partial charge < -0.3 is 9.22 Å². The van der Waals surface area contributed by atoms with E-state index in [1.807, 2.05) is 0 Å². The van der Waals surface area contributed by atoms with Crippen molar-refractivity contribution in [1.82, 2.24) is 0 Å². The summed E-state index contributed by atoms with van der Waals surface area (Å²) in [5.74, 6) is 0. The molecular formula is C15H38O2Si2. The van der Waals surface area contributed by atoms with Crippen LogP contribution in [0.3, 0.4) is 0 Å². The Bertz CT molecular complexity index is 175. The van der Waals surface area contributed by atoms with Gasteiger partial charge in [-0.05, 0) is 52.1 Å². The third-order valence-corrected chi connectivity index (χ3v) is 7.29. The first kappa shape index (κ1) is 21.6. The first-order valence-electron chi connectivity index (χ1n) is 7.90. The molecule has 0 saturated carbocycles. The highest BCUT2D eigenvalue weighted by atomic mass is 28.4. The van der Waals surface area contributed by atoms with Gasteiger partial charge in [0.2, 0.25) is 0 Å².